The number of carbonyl (C=O) groups is 1. The number of unbranched alkanes of at least 4 members (excludes halogenated alkanes) is 3. The van der Waals surface area contributed by atoms with Crippen LogP contribution in [-0.4, -0.2) is 46.2 Å². The molecule has 0 aromatic heterocycles. The largest absolute Gasteiger partial charge is 0.466 e. The second-order valence-electron chi connectivity index (χ2n) is 7.46. The van der Waals surface area contributed by atoms with Crippen molar-refractivity contribution in [2.24, 2.45) is 11.8 Å². The smallest absolute Gasteiger partial charge is 0.305 e. The van der Waals surface area contributed by atoms with Crippen molar-refractivity contribution in [3.05, 3.63) is 24.3 Å². The lowest BCUT2D eigenvalue weighted by atomic mass is 9.89. The van der Waals surface area contributed by atoms with Gasteiger partial charge in [0.2, 0.25) is 0 Å². The second kappa shape index (κ2) is 13.9. The Bertz CT molecular complexity index is 460. The van der Waals surface area contributed by atoms with Gasteiger partial charge in [0.15, 0.2) is 0 Å². The van der Waals surface area contributed by atoms with Crippen molar-refractivity contribution < 1.29 is 24.9 Å². The van der Waals surface area contributed by atoms with Gasteiger partial charge in [0, 0.05) is 18.8 Å². The third-order valence-corrected chi connectivity index (χ3v) is 5.21. The van der Waals surface area contributed by atoms with E-state index in [0.29, 0.717) is 25.9 Å². The Balaban J connectivity index is 2.42. The van der Waals surface area contributed by atoms with Gasteiger partial charge < -0.3 is 20.1 Å². The van der Waals surface area contributed by atoms with Gasteiger partial charge >= 0.3 is 5.97 Å². The molecule has 1 aliphatic rings. The maximum absolute atomic E-state index is 11.3. The molecule has 0 bridgehead atoms. The molecule has 0 aromatic carbocycles. The molecule has 156 valence electrons. The number of aliphatic hydroxyl groups is 3. The summed E-state index contributed by atoms with van der Waals surface area (Å²) in [6, 6.07) is 0. The number of aliphatic hydroxyl groups excluding tert-OH is 3. The van der Waals surface area contributed by atoms with Crippen LogP contribution in [0.1, 0.15) is 71.6 Å². The molecule has 5 atom stereocenters. The molecule has 1 fully saturated rings. The molecule has 5 nitrogen and oxygen atoms in total. The Morgan fingerprint density at radius 1 is 1.15 bits per heavy atom. The van der Waals surface area contributed by atoms with Gasteiger partial charge in [-0.05, 0) is 38.5 Å². The van der Waals surface area contributed by atoms with E-state index in [2.05, 4.69) is 6.92 Å². The lowest BCUT2D eigenvalue weighted by molar-refractivity contribution is -0.143. The molecule has 1 aliphatic carbocycles. The predicted octanol–water partition coefficient (Wildman–Crippen LogP) is 3.52. The molecule has 0 amide bonds. The first-order chi connectivity index (χ1) is 13.0. The quantitative estimate of drug-likeness (QED) is 0.258. The Hall–Kier alpha value is -1.17. The fraction of sp³-hybridized carbons (Fsp3) is 0.773. The molecule has 27 heavy (non-hydrogen) atoms. The van der Waals surface area contributed by atoms with Crippen molar-refractivity contribution in [1.29, 1.82) is 0 Å². The first-order valence-corrected chi connectivity index (χ1v) is 10.5. The van der Waals surface area contributed by atoms with E-state index in [4.69, 9.17) is 4.74 Å². The molecule has 5 heteroatoms. The standard InChI is InChI=1S/C22H38O5/c1-3-5-8-11-17(23)14-15-19-18(20(24)16-21(19)25)12-9-6-7-10-13-22(26)27-4-2/h6,9,14-15,17-21,23-25H,3-5,7-8,10-13,16H2,1-2H3/b9-6-,15-14+/t17-,18-,19+,20-,21+/m0/s1. The highest BCUT2D eigenvalue weighted by Gasteiger charge is 2.39. The van der Waals surface area contributed by atoms with E-state index < -0.39 is 18.3 Å². The summed E-state index contributed by atoms with van der Waals surface area (Å²) in [5, 5.41) is 30.5. The molecule has 0 aliphatic heterocycles. The van der Waals surface area contributed by atoms with Crippen LogP contribution in [0.25, 0.3) is 0 Å². The summed E-state index contributed by atoms with van der Waals surface area (Å²) in [7, 11) is 0. The number of esters is 1. The third kappa shape index (κ3) is 9.54. The highest BCUT2D eigenvalue weighted by molar-refractivity contribution is 5.69. The van der Waals surface area contributed by atoms with Crippen molar-refractivity contribution in [2.75, 3.05) is 6.61 Å². The van der Waals surface area contributed by atoms with Crippen LogP contribution in [0.5, 0.6) is 0 Å². The number of carbonyl (C=O) groups excluding carboxylic acids is 1. The molecule has 0 saturated heterocycles. The van der Waals surface area contributed by atoms with Crippen LogP contribution in [0, 0.1) is 11.8 Å². The fourth-order valence-electron chi connectivity index (χ4n) is 3.63. The van der Waals surface area contributed by atoms with Gasteiger partial charge in [0.25, 0.3) is 0 Å². The van der Waals surface area contributed by atoms with E-state index in [0.717, 1.165) is 38.5 Å². The molecular weight excluding hydrogens is 344 g/mol. The SMILES string of the molecule is CCCCC[C@H](O)/C=C/[C@@H]1[C@H](C/C=C\CCCC(=O)OCC)[C@@H](O)C[C@H]1O. The Labute approximate surface area is 164 Å². The van der Waals surface area contributed by atoms with Crippen molar-refractivity contribution in [2.45, 2.75) is 89.9 Å². The Morgan fingerprint density at radius 2 is 1.93 bits per heavy atom. The zero-order valence-electron chi connectivity index (χ0n) is 16.9. The van der Waals surface area contributed by atoms with E-state index in [1.54, 1.807) is 13.0 Å². The van der Waals surface area contributed by atoms with Crippen LogP contribution in [0.3, 0.4) is 0 Å². The van der Waals surface area contributed by atoms with Crippen LogP contribution < -0.4 is 0 Å². The fourth-order valence-corrected chi connectivity index (χ4v) is 3.63. The minimum atomic E-state index is -0.568. The van der Waals surface area contributed by atoms with Gasteiger partial charge in [-0.15, -0.1) is 0 Å². The summed E-state index contributed by atoms with van der Waals surface area (Å²) in [4.78, 5) is 11.3. The number of hydrogen-bond acceptors (Lipinski definition) is 5. The van der Waals surface area contributed by atoms with Crippen LogP contribution in [0.4, 0.5) is 0 Å². The molecule has 1 saturated carbocycles. The lowest BCUT2D eigenvalue weighted by Gasteiger charge is -2.19. The molecule has 0 spiro atoms. The number of allylic oxidation sites excluding steroid dienone is 2. The Morgan fingerprint density at radius 3 is 2.63 bits per heavy atom. The lowest BCUT2D eigenvalue weighted by Crippen LogP contribution is -2.20. The number of hydrogen-bond donors (Lipinski definition) is 3. The highest BCUT2D eigenvalue weighted by Crippen LogP contribution is 2.36. The summed E-state index contributed by atoms with van der Waals surface area (Å²) in [6.45, 7) is 4.35. The normalized spacial score (nSPS) is 26.9. The van der Waals surface area contributed by atoms with E-state index in [-0.39, 0.29) is 17.8 Å². The van der Waals surface area contributed by atoms with Gasteiger partial charge in [-0.25, -0.2) is 0 Å². The minimum absolute atomic E-state index is 0.0413. The topological polar surface area (TPSA) is 87.0 Å². The minimum Gasteiger partial charge on any atom is -0.466 e. The zero-order chi connectivity index (χ0) is 20.1. The maximum atomic E-state index is 11.3. The molecule has 0 radical (unpaired) electrons. The van der Waals surface area contributed by atoms with Crippen LogP contribution in [0.15, 0.2) is 24.3 Å². The van der Waals surface area contributed by atoms with Gasteiger partial charge in [-0.3, -0.25) is 4.79 Å². The van der Waals surface area contributed by atoms with Crippen molar-refractivity contribution in [3.63, 3.8) is 0 Å². The molecule has 1 rings (SSSR count). The van der Waals surface area contributed by atoms with Gasteiger partial charge in [0.1, 0.15) is 0 Å². The second-order valence-corrected chi connectivity index (χ2v) is 7.46. The number of rotatable bonds is 13. The summed E-state index contributed by atoms with van der Waals surface area (Å²) in [5.74, 6) is -0.340. The average Bonchev–Trinajstić information content (AvgIpc) is 2.89. The zero-order valence-corrected chi connectivity index (χ0v) is 16.9. The summed E-state index contributed by atoms with van der Waals surface area (Å²) in [5.41, 5.74) is 0. The average molecular weight is 383 g/mol. The summed E-state index contributed by atoms with van der Waals surface area (Å²) >= 11 is 0. The van der Waals surface area contributed by atoms with Crippen LogP contribution >= 0.6 is 0 Å². The van der Waals surface area contributed by atoms with Gasteiger partial charge in [-0.2, -0.15) is 0 Å². The summed E-state index contributed by atoms with van der Waals surface area (Å²) in [6.07, 6.45) is 13.1. The van der Waals surface area contributed by atoms with E-state index in [9.17, 15) is 20.1 Å². The van der Waals surface area contributed by atoms with Gasteiger partial charge in [-0.1, -0.05) is 50.5 Å². The van der Waals surface area contributed by atoms with E-state index in [1.807, 2.05) is 18.2 Å². The first-order valence-electron chi connectivity index (χ1n) is 10.5. The predicted molar refractivity (Wildman–Crippen MR) is 107 cm³/mol. The summed E-state index contributed by atoms with van der Waals surface area (Å²) < 4.78 is 4.89. The van der Waals surface area contributed by atoms with Crippen molar-refractivity contribution in [3.8, 4) is 0 Å². The maximum Gasteiger partial charge on any atom is 0.305 e. The molecule has 0 aromatic rings. The molecule has 3 N–H and O–H groups in total. The van der Waals surface area contributed by atoms with Crippen LogP contribution in [0.2, 0.25) is 0 Å². The van der Waals surface area contributed by atoms with E-state index in [1.165, 1.54) is 0 Å². The van der Waals surface area contributed by atoms with E-state index >= 15 is 0 Å². The molecular formula is C22H38O5. The van der Waals surface area contributed by atoms with Crippen LogP contribution in [-0.2, 0) is 9.53 Å². The first kappa shape index (κ1) is 23.9. The molecule has 0 heterocycles. The highest BCUT2D eigenvalue weighted by atomic mass is 16.5. The monoisotopic (exact) mass is 382 g/mol. The van der Waals surface area contributed by atoms with Crippen molar-refractivity contribution >= 4 is 5.97 Å². The van der Waals surface area contributed by atoms with Crippen molar-refractivity contribution in [1.82, 2.24) is 0 Å². The third-order valence-electron chi connectivity index (χ3n) is 5.21. The van der Waals surface area contributed by atoms with Gasteiger partial charge in [0.05, 0.1) is 24.9 Å². The molecule has 0 unspecified atom stereocenters. The Kier molecular flexibility index (Phi) is 12.3. The number of ether oxygens (including phenoxy) is 1.